The average Bonchev–Trinajstić information content (AvgIpc) is 2.61. The van der Waals surface area contributed by atoms with Crippen molar-refractivity contribution >= 4 is 11.6 Å². The third-order valence-electron chi connectivity index (χ3n) is 4.08. The summed E-state index contributed by atoms with van der Waals surface area (Å²) in [6.07, 6.45) is -3.60. The lowest BCUT2D eigenvalue weighted by atomic mass is 10.1. The van der Waals surface area contributed by atoms with E-state index in [1.165, 1.54) is 37.3 Å². The Kier molecular flexibility index (Phi) is 5.73. The molecule has 0 unspecified atom stereocenters. The molecule has 1 heterocycles. The summed E-state index contributed by atoms with van der Waals surface area (Å²) < 4.78 is 71.7. The summed E-state index contributed by atoms with van der Waals surface area (Å²) in [6.45, 7) is 2.97. The third-order valence-corrected chi connectivity index (χ3v) is 4.08. The van der Waals surface area contributed by atoms with Crippen molar-refractivity contribution < 1.29 is 31.5 Å². The van der Waals surface area contributed by atoms with Gasteiger partial charge in [0, 0.05) is 18.0 Å². The van der Waals surface area contributed by atoms with Crippen molar-refractivity contribution in [2.24, 2.45) is 0 Å². The molecule has 0 fully saturated rings. The van der Waals surface area contributed by atoms with Crippen LogP contribution in [0.2, 0.25) is 0 Å². The van der Waals surface area contributed by atoms with E-state index in [0.717, 1.165) is 12.3 Å². The highest BCUT2D eigenvalue weighted by Crippen LogP contribution is 2.37. The fourth-order valence-electron chi connectivity index (χ4n) is 2.75. The first-order chi connectivity index (χ1) is 14.0. The van der Waals surface area contributed by atoms with E-state index in [9.17, 15) is 26.7 Å². The molecular weight excluding hydrogens is 407 g/mol. The molecule has 0 aliphatic carbocycles. The Labute approximate surface area is 168 Å². The molecule has 3 rings (SSSR count). The normalized spacial score (nSPS) is 11.3. The number of carbonyl (C=O) groups is 1. The molecule has 0 radical (unpaired) electrons. The van der Waals surface area contributed by atoms with Gasteiger partial charge < -0.3 is 10.1 Å². The van der Waals surface area contributed by atoms with E-state index in [2.05, 4.69) is 10.3 Å². The van der Waals surface area contributed by atoms with Crippen LogP contribution in [0.4, 0.5) is 27.6 Å². The van der Waals surface area contributed by atoms with Gasteiger partial charge in [0.25, 0.3) is 5.91 Å². The summed E-state index contributed by atoms with van der Waals surface area (Å²) in [5.41, 5.74) is -0.617. The van der Waals surface area contributed by atoms with Gasteiger partial charge in [0.1, 0.15) is 17.4 Å². The predicted octanol–water partition coefficient (Wildman–Crippen LogP) is 6.04. The molecule has 0 aliphatic heterocycles. The predicted molar refractivity (Wildman–Crippen MR) is 99.5 cm³/mol. The molecule has 0 spiro atoms. The summed E-state index contributed by atoms with van der Waals surface area (Å²) in [5, 5.41) is 2.45. The molecule has 0 atom stereocenters. The minimum Gasteiger partial charge on any atom is -0.455 e. The summed E-state index contributed by atoms with van der Waals surface area (Å²) in [5.74, 6) is -2.97. The smallest absolute Gasteiger partial charge is 0.437 e. The number of aryl methyl sites for hydroxylation is 2. The van der Waals surface area contributed by atoms with Gasteiger partial charge in [0.2, 0.25) is 0 Å². The molecule has 2 aromatic carbocycles. The number of aromatic nitrogens is 1. The second kappa shape index (κ2) is 8.10. The number of pyridine rings is 1. The quantitative estimate of drug-likeness (QED) is 0.522. The molecule has 1 amide bonds. The van der Waals surface area contributed by atoms with Crippen LogP contribution in [-0.4, -0.2) is 10.9 Å². The Bertz CT molecular complexity index is 1070. The Hall–Kier alpha value is -3.49. The number of hydrogen-bond acceptors (Lipinski definition) is 3. The van der Waals surface area contributed by atoms with E-state index in [1.807, 2.05) is 0 Å². The average molecular weight is 422 g/mol. The maximum absolute atomic E-state index is 13.9. The summed E-state index contributed by atoms with van der Waals surface area (Å²) in [6, 6.07) is 8.28. The Morgan fingerprint density at radius 3 is 2.30 bits per heavy atom. The molecule has 9 heteroatoms. The number of rotatable bonds is 4. The Morgan fingerprint density at radius 2 is 1.70 bits per heavy atom. The molecule has 0 saturated carbocycles. The lowest BCUT2D eigenvalue weighted by Gasteiger charge is -2.14. The standard InChI is InChI=1S/C21H15F5N2O2/c1-11-7-17(19(27-10-11)21(24,25)26)30-15-5-3-14(4-6-15)28-20(29)18-12(2)8-13(22)9-16(18)23/h3-10H,1-2H3,(H,28,29). The zero-order valence-corrected chi connectivity index (χ0v) is 15.8. The SMILES string of the molecule is Cc1cnc(C(F)(F)F)c(Oc2ccc(NC(=O)c3c(C)cc(F)cc3F)cc2)c1. The zero-order valence-electron chi connectivity index (χ0n) is 15.8. The molecule has 1 aromatic heterocycles. The molecule has 0 saturated heterocycles. The number of carbonyl (C=O) groups excluding carboxylic acids is 1. The maximum Gasteiger partial charge on any atom is 0.437 e. The van der Waals surface area contributed by atoms with Gasteiger partial charge in [-0.1, -0.05) is 0 Å². The maximum atomic E-state index is 13.9. The van der Waals surface area contributed by atoms with E-state index in [-0.39, 0.29) is 22.6 Å². The molecule has 0 aliphatic rings. The fourth-order valence-corrected chi connectivity index (χ4v) is 2.75. The van der Waals surface area contributed by atoms with Crippen LogP contribution in [0, 0.1) is 25.5 Å². The number of nitrogens with zero attached hydrogens (tertiary/aromatic N) is 1. The zero-order chi connectivity index (χ0) is 22.1. The number of alkyl halides is 3. The van der Waals surface area contributed by atoms with Crippen molar-refractivity contribution in [1.29, 1.82) is 0 Å². The molecule has 30 heavy (non-hydrogen) atoms. The van der Waals surface area contributed by atoms with Crippen molar-refractivity contribution in [2.45, 2.75) is 20.0 Å². The van der Waals surface area contributed by atoms with Crippen molar-refractivity contribution in [1.82, 2.24) is 4.98 Å². The topological polar surface area (TPSA) is 51.2 Å². The third kappa shape index (κ3) is 4.73. The number of nitrogens with one attached hydrogen (secondary N) is 1. The monoisotopic (exact) mass is 422 g/mol. The van der Waals surface area contributed by atoms with Crippen LogP contribution in [0.25, 0.3) is 0 Å². The first-order valence-electron chi connectivity index (χ1n) is 8.63. The molecule has 1 N–H and O–H groups in total. The number of hydrogen-bond donors (Lipinski definition) is 1. The van der Waals surface area contributed by atoms with E-state index < -0.39 is 35.2 Å². The molecule has 156 valence electrons. The van der Waals surface area contributed by atoms with Crippen LogP contribution in [0.15, 0.2) is 48.7 Å². The number of benzene rings is 2. The molecule has 0 bridgehead atoms. The molecule has 4 nitrogen and oxygen atoms in total. The van der Waals surface area contributed by atoms with Crippen molar-refractivity contribution in [3.8, 4) is 11.5 Å². The second-order valence-electron chi connectivity index (χ2n) is 6.52. The first-order valence-corrected chi connectivity index (χ1v) is 8.63. The van der Waals surface area contributed by atoms with Crippen LogP contribution >= 0.6 is 0 Å². The summed E-state index contributed by atoms with van der Waals surface area (Å²) >= 11 is 0. The van der Waals surface area contributed by atoms with Gasteiger partial charge >= 0.3 is 6.18 Å². The largest absolute Gasteiger partial charge is 0.455 e. The number of anilines is 1. The van der Waals surface area contributed by atoms with Crippen molar-refractivity contribution in [3.05, 3.63) is 82.7 Å². The van der Waals surface area contributed by atoms with E-state index in [4.69, 9.17) is 4.74 Å². The second-order valence-corrected chi connectivity index (χ2v) is 6.52. The van der Waals surface area contributed by atoms with Crippen LogP contribution in [0.5, 0.6) is 11.5 Å². The highest BCUT2D eigenvalue weighted by molar-refractivity contribution is 6.05. The highest BCUT2D eigenvalue weighted by Gasteiger charge is 2.36. The highest BCUT2D eigenvalue weighted by atomic mass is 19.4. The fraction of sp³-hybridized carbons (Fsp3) is 0.143. The van der Waals surface area contributed by atoms with Gasteiger partial charge in [-0.05, 0) is 61.4 Å². The minimum absolute atomic E-state index is 0.0787. The van der Waals surface area contributed by atoms with Gasteiger partial charge in [-0.15, -0.1) is 0 Å². The number of halogens is 5. The molecular formula is C21H15F5N2O2. The van der Waals surface area contributed by atoms with E-state index in [0.29, 0.717) is 11.6 Å². The van der Waals surface area contributed by atoms with Crippen molar-refractivity contribution in [2.75, 3.05) is 5.32 Å². The van der Waals surface area contributed by atoms with Crippen LogP contribution in [-0.2, 0) is 6.18 Å². The van der Waals surface area contributed by atoms with Gasteiger partial charge in [0.05, 0.1) is 5.56 Å². The number of ether oxygens (including phenoxy) is 1. The van der Waals surface area contributed by atoms with E-state index in [1.54, 1.807) is 6.92 Å². The molecule has 3 aromatic rings. The van der Waals surface area contributed by atoms with Gasteiger partial charge in [-0.25, -0.2) is 13.8 Å². The lowest BCUT2D eigenvalue weighted by Crippen LogP contribution is -2.15. The van der Waals surface area contributed by atoms with Gasteiger partial charge in [-0.3, -0.25) is 4.79 Å². The van der Waals surface area contributed by atoms with Crippen LogP contribution < -0.4 is 10.1 Å². The minimum atomic E-state index is -4.69. The summed E-state index contributed by atoms with van der Waals surface area (Å²) in [4.78, 5) is 15.7. The van der Waals surface area contributed by atoms with Crippen LogP contribution in [0.3, 0.4) is 0 Å². The number of amides is 1. The van der Waals surface area contributed by atoms with Crippen molar-refractivity contribution in [3.63, 3.8) is 0 Å². The van der Waals surface area contributed by atoms with E-state index >= 15 is 0 Å². The van der Waals surface area contributed by atoms with Crippen LogP contribution in [0.1, 0.15) is 27.2 Å². The Balaban J connectivity index is 1.78. The Morgan fingerprint density at radius 1 is 1.03 bits per heavy atom. The van der Waals surface area contributed by atoms with Gasteiger partial charge in [0.15, 0.2) is 11.4 Å². The van der Waals surface area contributed by atoms with Gasteiger partial charge in [-0.2, -0.15) is 13.2 Å². The lowest BCUT2D eigenvalue weighted by molar-refractivity contribution is -0.142. The first kappa shape index (κ1) is 21.2. The summed E-state index contributed by atoms with van der Waals surface area (Å²) in [7, 11) is 0.